The highest BCUT2D eigenvalue weighted by Gasteiger charge is 2.22. The summed E-state index contributed by atoms with van der Waals surface area (Å²) < 4.78 is 11.6. The molecule has 0 bridgehead atoms. The zero-order chi connectivity index (χ0) is 22.4. The number of hydrogen-bond donors (Lipinski definition) is 0. The van der Waals surface area contributed by atoms with E-state index in [1.165, 1.54) is 0 Å². The number of ether oxygens (including phenoxy) is 2. The molecule has 4 heteroatoms. The molecule has 0 saturated carbocycles. The number of carbonyl (C=O) groups is 2. The summed E-state index contributed by atoms with van der Waals surface area (Å²) in [6.45, 7) is 8.35. The molecule has 0 aliphatic carbocycles. The minimum absolute atomic E-state index is 0.221. The summed E-state index contributed by atoms with van der Waals surface area (Å²) in [6.07, 6.45) is 0.688. The van der Waals surface area contributed by atoms with Crippen molar-refractivity contribution < 1.29 is 19.1 Å². The van der Waals surface area contributed by atoms with E-state index in [2.05, 4.69) is 27.7 Å². The lowest BCUT2D eigenvalue weighted by atomic mass is 9.95. The van der Waals surface area contributed by atoms with Crippen molar-refractivity contribution in [3.63, 3.8) is 0 Å². The molecule has 3 aromatic carbocycles. The van der Waals surface area contributed by atoms with Crippen LogP contribution in [0.4, 0.5) is 0 Å². The first-order chi connectivity index (χ1) is 14.8. The van der Waals surface area contributed by atoms with Crippen LogP contribution >= 0.6 is 0 Å². The SMILES string of the molecule is CC(C)Cc1cc(C(C)C)cc(OC(=O)c2ccccc2)c1OC(=O)c1ccccc1. The highest BCUT2D eigenvalue weighted by Crippen LogP contribution is 2.37. The lowest BCUT2D eigenvalue weighted by Crippen LogP contribution is -2.15. The third kappa shape index (κ3) is 5.82. The molecular formula is C27H28O4. The zero-order valence-electron chi connectivity index (χ0n) is 18.4. The largest absolute Gasteiger partial charge is 0.419 e. The Hall–Kier alpha value is -3.40. The van der Waals surface area contributed by atoms with Gasteiger partial charge in [-0.1, -0.05) is 70.2 Å². The molecule has 0 saturated heterocycles. The molecule has 0 N–H and O–H groups in total. The van der Waals surface area contributed by atoms with Crippen LogP contribution in [0.1, 0.15) is 65.5 Å². The maximum absolute atomic E-state index is 12.8. The molecule has 0 aliphatic heterocycles. The summed E-state index contributed by atoms with van der Waals surface area (Å²) in [4.78, 5) is 25.6. The van der Waals surface area contributed by atoms with Gasteiger partial charge in [0.25, 0.3) is 0 Å². The molecule has 0 radical (unpaired) electrons. The second kappa shape index (κ2) is 10.1. The average Bonchev–Trinajstić information content (AvgIpc) is 2.76. The third-order valence-corrected chi connectivity index (χ3v) is 4.87. The van der Waals surface area contributed by atoms with Gasteiger partial charge in [-0.15, -0.1) is 0 Å². The average molecular weight is 417 g/mol. The summed E-state index contributed by atoms with van der Waals surface area (Å²) >= 11 is 0. The van der Waals surface area contributed by atoms with E-state index >= 15 is 0 Å². The monoisotopic (exact) mass is 416 g/mol. The summed E-state index contributed by atoms with van der Waals surface area (Å²) in [5, 5.41) is 0. The van der Waals surface area contributed by atoms with Crippen molar-refractivity contribution in [2.75, 3.05) is 0 Å². The molecule has 0 amide bonds. The maximum Gasteiger partial charge on any atom is 0.343 e. The molecule has 0 aromatic heterocycles. The number of esters is 2. The van der Waals surface area contributed by atoms with Gasteiger partial charge in [0.1, 0.15) is 0 Å². The third-order valence-electron chi connectivity index (χ3n) is 4.87. The van der Waals surface area contributed by atoms with Crippen LogP contribution < -0.4 is 9.47 Å². The van der Waals surface area contributed by atoms with Gasteiger partial charge >= 0.3 is 11.9 Å². The van der Waals surface area contributed by atoms with Gasteiger partial charge in [0, 0.05) is 0 Å². The molecule has 0 atom stereocenters. The van der Waals surface area contributed by atoms with E-state index < -0.39 is 11.9 Å². The van der Waals surface area contributed by atoms with Gasteiger partial charge in [0.15, 0.2) is 11.5 Å². The Kier molecular flexibility index (Phi) is 7.24. The first-order valence-electron chi connectivity index (χ1n) is 10.6. The summed E-state index contributed by atoms with van der Waals surface area (Å²) in [6, 6.07) is 21.4. The van der Waals surface area contributed by atoms with Crippen LogP contribution in [0, 0.1) is 5.92 Å². The number of rotatable bonds is 7. The molecule has 0 heterocycles. The van der Waals surface area contributed by atoms with Crippen molar-refractivity contribution >= 4 is 11.9 Å². The van der Waals surface area contributed by atoms with E-state index in [4.69, 9.17) is 9.47 Å². The molecule has 3 rings (SSSR count). The normalized spacial score (nSPS) is 10.9. The lowest BCUT2D eigenvalue weighted by molar-refractivity contribution is 0.0680. The summed E-state index contributed by atoms with van der Waals surface area (Å²) in [5.74, 6) is 0.137. The number of carbonyl (C=O) groups excluding carboxylic acids is 2. The van der Waals surface area contributed by atoms with Crippen LogP contribution in [0.25, 0.3) is 0 Å². The van der Waals surface area contributed by atoms with E-state index in [0.717, 1.165) is 11.1 Å². The van der Waals surface area contributed by atoms with Crippen LogP contribution in [-0.2, 0) is 6.42 Å². The first kappa shape index (κ1) is 22.3. The molecule has 4 nitrogen and oxygen atoms in total. The van der Waals surface area contributed by atoms with Crippen LogP contribution in [-0.4, -0.2) is 11.9 Å². The second-order valence-electron chi connectivity index (χ2n) is 8.27. The van der Waals surface area contributed by atoms with Gasteiger partial charge in [-0.25, -0.2) is 9.59 Å². The van der Waals surface area contributed by atoms with Gasteiger partial charge < -0.3 is 9.47 Å². The predicted octanol–water partition coefficient (Wildman–Crippen LogP) is 6.45. The van der Waals surface area contributed by atoms with E-state index in [1.807, 2.05) is 18.2 Å². The van der Waals surface area contributed by atoms with Gasteiger partial charge in [-0.2, -0.15) is 0 Å². The zero-order valence-corrected chi connectivity index (χ0v) is 18.4. The van der Waals surface area contributed by atoms with Crippen LogP contribution in [0.2, 0.25) is 0 Å². The molecule has 0 aliphatic rings. The summed E-state index contributed by atoms with van der Waals surface area (Å²) in [7, 11) is 0. The van der Waals surface area contributed by atoms with Crippen molar-refractivity contribution in [2.45, 2.75) is 40.0 Å². The topological polar surface area (TPSA) is 52.6 Å². The predicted molar refractivity (Wildman–Crippen MR) is 122 cm³/mol. The van der Waals surface area contributed by atoms with Crippen LogP contribution in [0.5, 0.6) is 11.5 Å². The smallest absolute Gasteiger partial charge is 0.343 e. The van der Waals surface area contributed by atoms with Crippen LogP contribution in [0.15, 0.2) is 72.8 Å². The molecule has 0 unspecified atom stereocenters. The Balaban J connectivity index is 2.05. The van der Waals surface area contributed by atoms with Gasteiger partial charge in [0.05, 0.1) is 11.1 Å². The quantitative estimate of drug-likeness (QED) is 0.328. The fourth-order valence-electron chi connectivity index (χ4n) is 3.26. The Morgan fingerprint density at radius 1 is 0.742 bits per heavy atom. The van der Waals surface area contributed by atoms with E-state index in [-0.39, 0.29) is 11.7 Å². The number of hydrogen-bond acceptors (Lipinski definition) is 4. The second-order valence-corrected chi connectivity index (χ2v) is 8.27. The highest BCUT2D eigenvalue weighted by molar-refractivity contribution is 5.93. The van der Waals surface area contributed by atoms with Gasteiger partial charge in [0.2, 0.25) is 0 Å². The van der Waals surface area contributed by atoms with Crippen LogP contribution in [0.3, 0.4) is 0 Å². The Morgan fingerprint density at radius 2 is 1.26 bits per heavy atom. The molecule has 3 aromatic rings. The minimum atomic E-state index is -0.492. The Labute approximate surface area is 183 Å². The lowest BCUT2D eigenvalue weighted by Gasteiger charge is -2.19. The molecule has 31 heavy (non-hydrogen) atoms. The van der Waals surface area contributed by atoms with E-state index in [0.29, 0.717) is 29.2 Å². The highest BCUT2D eigenvalue weighted by atomic mass is 16.6. The standard InChI is InChI=1S/C27H28O4/c1-18(2)15-23-16-22(19(3)4)17-24(30-26(28)20-11-7-5-8-12-20)25(23)31-27(29)21-13-9-6-10-14-21/h5-14,16-19H,15H2,1-4H3. The van der Waals surface area contributed by atoms with Crippen molar-refractivity contribution in [2.24, 2.45) is 5.92 Å². The van der Waals surface area contributed by atoms with Crippen molar-refractivity contribution in [3.8, 4) is 11.5 Å². The number of benzene rings is 3. The maximum atomic E-state index is 12.8. The summed E-state index contributed by atoms with van der Waals surface area (Å²) in [5.41, 5.74) is 2.74. The van der Waals surface area contributed by atoms with E-state index in [9.17, 15) is 9.59 Å². The minimum Gasteiger partial charge on any atom is -0.419 e. The van der Waals surface area contributed by atoms with Crippen molar-refractivity contribution in [1.29, 1.82) is 0 Å². The first-order valence-corrected chi connectivity index (χ1v) is 10.6. The van der Waals surface area contributed by atoms with E-state index in [1.54, 1.807) is 54.6 Å². The fraction of sp³-hybridized carbons (Fsp3) is 0.259. The van der Waals surface area contributed by atoms with Gasteiger partial charge in [-0.3, -0.25) is 0 Å². The van der Waals surface area contributed by atoms with Gasteiger partial charge in [-0.05, 0) is 59.7 Å². The molecular weight excluding hydrogens is 388 g/mol. The molecule has 0 fully saturated rings. The fourth-order valence-corrected chi connectivity index (χ4v) is 3.26. The van der Waals surface area contributed by atoms with Crippen molar-refractivity contribution in [1.82, 2.24) is 0 Å². The Morgan fingerprint density at radius 3 is 1.74 bits per heavy atom. The molecule has 0 spiro atoms. The Bertz CT molecular complexity index is 1040. The molecule has 160 valence electrons. The van der Waals surface area contributed by atoms with Crippen molar-refractivity contribution in [3.05, 3.63) is 95.1 Å².